The zero-order chi connectivity index (χ0) is 14.9. The monoisotopic (exact) mass is 279 g/mol. The Morgan fingerprint density at radius 2 is 2.15 bits per heavy atom. The maximum Gasteiger partial charge on any atom is 0.264 e. The second-order valence-electron chi connectivity index (χ2n) is 5.77. The second-order valence-corrected chi connectivity index (χ2v) is 5.77. The summed E-state index contributed by atoms with van der Waals surface area (Å²) in [6.45, 7) is 6.02. The van der Waals surface area contributed by atoms with E-state index in [4.69, 9.17) is 0 Å². The fourth-order valence-electron chi connectivity index (χ4n) is 2.34. The SMILES string of the molecule is Cc1nc(C(C)C)[nH]c(=O)c1C(=O)NCC1CC(O)C1. The molecule has 2 rings (SSSR count). The number of aliphatic hydroxyl groups excluding tert-OH is 1. The Bertz CT molecular complexity index is 559. The van der Waals surface area contributed by atoms with Gasteiger partial charge in [-0.1, -0.05) is 13.8 Å². The van der Waals surface area contributed by atoms with Crippen molar-refractivity contribution in [3.63, 3.8) is 0 Å². The Morgan fingerprint density at radius 1 is 1.50 bits per heavy atom. The van der Waals surface area contributed by atoms with Crippen molar-refractivity contribution in [3.8, 4) is 0 Å². The molecule has 0 aromatic carbocycles. The zero-order valence-electron chi connectivity index (χ0n) is 12.1. The molecule has 0 saturated heterocycles. The van der Waals surface area contributed by atoms with Gasteiger partial charge in [-0.05, 0) is 25.7 Å². The summed E-state index contributed by atoms with van der Waals surface area (Å²) in [6, 6.07) is 0. The number of hydrogen-bond acceptors (Lipinski definition) is 4. The summed E-state index contributed by atoms with van der Waals surface area (Å²) in [4.78, 5) is 31.0. The van der Waals surface area contributed by atoms with Gasteiger partial charge in [-0.15, -0.1) is 0 Å². The van der Waals surface area contributed by atoms with Gasteiger partial charge in [-0.2, -0.15) is 0 Å². The molecule has 6 nitrogen and oxygen atoms in total. The normalized spacial score (nSPS) is 21.6. The molecule has 0 bridgehead atoms. The van der Waals surface area contributed by atoms with Crippen LogP contribution in [-0.2, 0) is 0 Å². The van der Waals surface area contributed by atoms with Gasteiger partial charge in [0.1, 0.15) is 11.4 Å². The number of rotatable bonds is 4. The van der Waals surface area contributed by atoms with Crippen molar-refractivity contribution < 1.29 is 9.90 Å². The summed E-state index contributed by atoms with van der Waals surface area (Å²) in [6.07, 6.45) is 1.18. The van der Waals surface area contributed by atoms with Gasteiger partial charge in [0, 0.05) is 12.5 Å². The molecule has 20 heavy (non-hydrogen) atoms. The molecule has 6 heteroatoms. The quantitative estimate of drug-likeness (QED) is 0.756. The highest BCUT2D eigenvalue weighted by atomic mass is 16.3. The number of nitrogens with zero attached hydrogens (tertiary/aromatic N) is 1. The molecule has 1 aromatic heterocycles. The van der Waals surface area contributed by atoms with Crippen LogP contribution in [0.3, 0.4) is 0 Å². The molecular formula is C14H21N3O3. The third kappa shape index (κ3) is 3.07. The highest BCUT2D eigenvalue weighted by molar-refractivity contribution is 5.94. The fourth-order valence-corrected chi connectivity index (χ4v) is 2.34. The lowest BCUT2D eigenvalue weighted by Crippen LogP contribution is -2.40. The Balaban J connectivity index is 2.08. The Kier molecular flexibility index (Phi) is 4.23. The first-order valence-electron chi connectivity index (χ1n) is 6.95. The number of aromatic nitrogens is 2. The molecule has 0 aliphatic heterocycles. The molecular weight excluding hydrogens is 258 g/mol. The lowest BCUT2D eigenvalue weighted by molar-refractivity contribution is 0.0420. The average molecular weight is 279 g/mol. The molecule has 0 unspecified atom stereocenters. The van der Waals surface area contributed by atoms with E-state index in [1.165, 1.54) is 0 Å². The van der Waals surface area contributed by atoms with E-state index in [0.29, 0.717) is 36.8 Å². The Labute approximate surface area is 117 Å². The molecule has 0 spiro atoms. The summed E-state index contributed by atoms with van der Waals surface area (Å²) in [5.74, 6) is 0.602. The third-order valence-electron chi connectivity index (χ3n) is 3.65. The Morgan fingerprint density at radius 3 is 2.65 bits per heavy atom. The van der Waals surface area contributed by atoms with Gasteiger partial charge in [-0.25, -0.2) is 4.98 Å². The van der Waals surface area contributed by atoms with E-state index in [2.05, 4.69) is 15.3 Å². The number of aromatic amines is 1. The maximum absolute atomic E-state index is 12.1. The highest BCUT2D eigenvalue weighted by Gasteiger charge is 2.28. The highest BCUT2D eigenvalue weighted by Crippen LogP contribution is 2.26. The first-order chi connectivity index (χ1) is 9.38. The van der Waals surface area contributed by atoms with Crippen LogP contribution in [0.2, 0.25) is 0 Å². The van der Waals surface area contributed by atoms with E-state index in [-0.39, 0.29) is 17.6 Å². The summed E-state index contributed by atoms with van der Waals surface area (Å²) in [7, 11) is 0. The van der Waals surface area contributed by atoms with Crippen LogP contribution in [0.15, 0.2) is 4.79 Å². The first kappa shape index (κ1) is 14.7. The third-order valence-corrected chi connectivity index (χ3v) is 3.65. The zero-order valence-corrected chi connectivity index (χ0v) is 12.1. The molecule has 1 heterocycles. The molecule has 1 aliphatic rings. The van der Waals surface area contributed by atoms with Crippen molar-refractivity contribution >= 4 is 5.91 Å². The van der Waals surface area contributed by atoms with Gasteiger partial charge in [0.2, 0.25) is 0 Å². The van der Waals surface area contributed by atoms with Crippen LogP contribution in [0, 0.1) is 12.8 Å². The van der Waals surface area contributed by atoms with Crippen LogP contribution in [0.5, 0.6) is 0 Å². The van der Waals surface area contributed by atoms with Crippen LogP contribution in [0.1, 0.15) is 54.5 Å². The second kappa shape index (κ2) is 5.75. The van der Waals surface area contributed by atoms with Gasteiger partial charge in [0.05, 0.1) is 11.8 Å². The van der Waals surface area contributed by atoms with E-state index < -0.39 is 11.5 Å². The van der Waals surface area contributed by atoms with Crippen molar-refractivity contribution in [2.75, 3.05) is 6.54 Å². The van der Waals surface area contributed by atoms with Crippen LogP contribution in [0.4, 0.5) is 0 Å². The number of aliphatic hydroxyl groups is 1. The number of aryl methyl sites for hydroxylation is 1. The van der Waals surface area contributed by atoms with Crippen LogP contribution in [0.25, 0.3) is 0 Å². The standard InChI is InChI=1S/C14H21N3O3/c1-7(2)12-16-8(3)11(14(20)17-12)13(19)15-6-9-4-10(18)5-9/h7,9-10,18H,4-6H2,1-3H3,(H,15,19)(H,16,17,20). The number of amides is 1. The van der Waals surface area contributed by atoms with Crippen molar-refractivity contribution in [2.24, 2.45) is 5.92 Å². The summed E-state index contributed by atoms with van der Waals surface area (Å²) in [5.41, 5.74) is 0.130. The van der Waals surface area contributed by atoms with E-state index >= 15 is 0 Å². The van der Waals surface area contributed by atoms with E-state index in [1.54, 1.807) is 6.92 Å². The number of H-pyrrole nitrogens is 1. The van der Waals surface area contributed by atoms with E-state index in [1.807, 2.05) is 13.8 Å². The van der Waals surface area contributed by atoms with Gasteiger partial charge < -0.3 is 15.4 Å². The Hall–Kier alpha value is -1.69. The summed E-state index contributed by atoms with van der Waals surface area (Å²) >= 11 is 0. The molecule has 1 aliphatic carbocycles. The number of nitrogens with one attached hydrogen (secondary N) is 2. The van der Waals surface area contributed by atoms with Gasteiger partial charge in [-0.3, -0.25) is 9.59 Å². The largest absolute Gasteiger partial charge is 0.393 e. The van der Waals surface area contributed by atoms with Gasteiger partial charge in [0.25, 0.3) is 11.5 Å². The molecule has 110 valence electrons. The smallest absolute Gasteiger partial charge is 0.264 e. The number of hydrogen-bond donors (Lipinski definition) is 3. The number of carbonyl (C=O) groups excluding carboxylic acids is 1. The molecule has 1 aromatic rings. The van der Waals surface area contributed by atoms with Crippen LogP contribution < -0.4 is 10.9 Å². The minimum atomic E-state index is -0.396. The maximum atomic E-state index is 12.1. The predicted molar refractivity (Wildman–Crippen MR) is 74.7 cm³/mol. The van der Waals surface area contributed by atoms with Crippen molar-refractivity contribution in [2.45, 2.75) is 45.6 Å². The summed E-state index contributed by atoms with van der Waals surface area (Å²) in [5, 5.41) is 11.9. The fraction of sp³-hybridized carbons (Fsp3) is 0.643. The van der Waals surface area contributed by atoms with Crippen molar-refractivity contribution in [3.05, 3.63) is 27.4 Å². The van der Waals surface area contributed by atoms with Crippen LogP contribution in [-0.4, -0.2) is 33.6 Å². The lowest BCUT2D eigenvalue weighted by Gasteiger charge is -2.31. The molecule has 1 amide bonds. The minimum Gasteiger partial charge on any atom is -0.393 e. The molecule has 0 radical (unpaired) electrons. The average Bonchev–Trinajstić information content (AvgIpc) is 2.32. The van der Waals surface area contributed by atoms with Crippen molar-refractivity contribution in [1.29, 1.82) is 0 Å². The lowest BCUT2D eigenvalue weighted by atomic mass is 9.82. The number of carbonyl (C=O) groups is 1. The molecule has 1 saturated carbocycles. The van der Waals surface area contributed by atoms with Crippen LogP contribution >= 0.6 is 0 Å². The van der Waals surface area contributed by atoms with Gasteiger partial charge >= 0.3 is 0 Å². The molecule has 1 fully saturated rings. The molecule has 3 N–H and O–H groups in total. The van der Waals surface area contributed by atoms with Gasteiger partial charge in [0.15, 0.2) is 0 Å². The van der Waals surface area contributed by atoms with E-state index in [9.17, 15) is 14.7 Å². The first-order valence-corrected chi connectivity index (χ1v) is 6.95. The predicted octanol–water partition coefficient (Wildman–Crippen LogP) is 0.702. The topological polar surface area (TPSA) is 95.1 Å². The van der Waals surface area contributed by atoms with E-state index in [0.717, 1.165) is 0 Å². The minimum absolute atomic E-state index is 0.0780. The molecule has 0 atom stereocenters. The summed E-state index contributed by atoms with van der Waals surface area (Å²) < 4.78 is 0. The van der Waals surface area contributed by atoms with Crippen molar-refractivity contribution in [1.82, 2.24) is 15.3 Å².